The summed E-state index contributed by atoms with van der Waals surface area (Å²) in [4.78, 5) is 0. The Bertz CT molecular complexity index is 1260. The number of fused-ring (bicyclic) bond motifs is 3. The molecule has 206 valence electrons. The number of hydrogen-bond acceptors (Lipinski definition) is 0. The number of rotatable bonds is 4. The molecule has 0 N–H and O–H groups in total. The first kappa shape index (κ1) is 33.6. The fourth-order valence-electron chi connectivity index (χ4n) is 6.29. The van der Waals surface area contributed by atoms with Crippen LogP contribution < -0.4 is 28.1 Å². The van der Waals surface area contributed by atoms with Gasteiger partial charge in [-0.25, -0.2) is 0 Å². The Morgan fingerprint density at radius 3 is 1.89 bits per heavy atom. The zero-order chi connectivity index (χ0) is 26.8. The van der Waals surface area contributed by atoms with Gasteiger partial charge >= 0.3 is 235 Å². The van der Waals surface area contributed by atoms with Crippen LogP contribution in [-0.2, 0) is 40.5 Å². The van der Waals surface area contributed by atoms with Gasteiger partial charge in [0.15, 0.2) is 0 Å². The van der Waals surface area contributed by atoms with Crippen LogP contribution in [0.25, 0.3) is 11.1 Å². The Balaban J connectivity index is 0.00000253. The standard InChI is InChI=1S/C23H29.C12H19.2ClH.Zr/c1-14-9-16-11-17-10-15(2)21(23(6,7)8)13-19(17)18(16)12-20(14)22(3,4)5;1-5-6-10-7-8-11(9-10)12(2,3)4;;;/h9,12-13H,11H2,1-8H3;8-10H,5-6H2,1-4H3;2*1H;/q;;;;+2/p-2. The SMILES string of the molecule is CCCC1C=C(C(C)(C)C)C=[C]1[Zr+2][c]1c(C)c(C(C)(C)C)cc2c1Cc1cc(C)c(C(C)(C)C)cc1-2.[Cl-].[Cl-]. The molecule has 0 saturated heterocycles. The first-order valence-electron chi connectivity index (χ1n) is 14.0. The van der Waals surface area contributed by atoms with Crippen LogP contribution in [0.3, 0.4) is 0 Å². The molecule has 0 spiro atoms. The van der Waals surface area contributed by atoms with Gasteiger partial charge in [-0.2, -0.15) is 0 Å². The molecule has 0 bridgehead atoms. The van der Waals surface area contributed by atoms with E-state index in [0.717, 1.165) is 6.42 Å². The van der Waals surface area contributed by atoms with E-state index in [4.69, 9.17) is 0 Å². The minimum atomic E-state index is -0.946. The smallest absolute Gasteiger partial charge is 1.00 e. The molecule has 0 saturated carbocycles. The van der Waals surface area contributed by atoms with Gasteiger partial charge in [0.1, 0.15) is 0 Å². The van der Waals surface area contributed by atoms with E-state index < -0.39 is 23.2 Å². The molecule has 0 amide bonds. The van der Waals surface area contributed by atoms with Gasteiger partial charge in [-0.3, -0.25) is 0 Å². The van der Waals surface area contributed by atoms with Gasteiger partial charge in [-0.1, -0.05) is 0 Å². The Morgan fingerprint density at radius 2 is 1.37 bits per heavy atom. The van der Waals surface area contributed by atoms with Gasteiger partial charge < -0.3 is 24.8 Å². The molecule has 2 aromatic carbocycles. The largest absolute Gasteiger partial charge is 1.00 e. The van der Waals surface area contributed by atoms with E-state index in [0.29, 0.717) is 5.92 Å². The number of allylic oxidation sites excluding steroid dienone is 4. The maximum atomic E-state index is 2.63. The summed E-state index contributed by atoms with van der Waals surface area (Å²) in [5.74, 6) is 0.655. The Hall–Kier alpha value is -0.617. The van der Waals surface area contributed by atoms with Crippen LogP contribution in [0.2, 0.25) is 0 Å². The maximum Gasteiger partial charge on any atom is -1.00 e. The second-order valence-corrected chi connectivity index (χ2v) is 17.7. The van der Waals surface area contributed by atoms with Crippen molar-refractivity contribution in [3.63, 3.8) is 0 Å². The zero-order valence-electron chi connectivity index (χ0n) is 25.8. The molecule has 0 aliphatic heterocycles. The molecular weight excluding hydrogens is 583 g/mol. The molecule has 0 fully saturated rings. The summed E-state index contributed by atoms with van der Waals surface area (Å²) in [6.07, 6.45) is 8.92. The summed E-state index contributed by atoms with van der Waals surface area (Å²) in [6.45, 7) is 28.5. The summed E-state index contributed by atoms with van der Waals surface area (Å²) < 4.78 is 3.56. The summed E-state index contributed by atoms with van der Waals surface area (Å²) >= 11 is -0.946. The molecule has 4 rings (SSSR count). The fourth-order valence-corrected chi connectivity index (χ4v) is 10.3. The van der Waals surface area contributed by atoms with E-state index in [-0.39, 0.29) is 41.1 Å². The predicted molar refractivity (Wildman–Crippen MR) is 155 cm³/mol. The van der Waals surface area contributed by atoms with Crippen LogP contribution in [0.15, 0.2) is 39.2 Å². The minimum absolute atomic E-state index is 0. The maximum absolute atomic E-state index is 2.63. The minimum Gasteiger partial charge on any atom is -1.00 e. The second-order valence-electron chi connectivity index (χ2n) is 14.4. The number of halogens is 2. The van der Waals surface area contributed by atoms with E-state index in [1.807, 2.05) is 0 Å². The van der Waals surface area contributed by atoms with Crippen molar-refractivity contribution < 1.29 is 48.0 Å². The van der Waals surface area contributed by atoms with Gasteiger partial charge in [0.05, 0.1) is 0 Å². The molecule has 2 aromatic rings. The number of benzene rings is 2. The number of hydrogen-bond donors (Lipinski definition) is 0. The summed E-state index contributed by atoms with van der Waals surface area (Å²) in [6, 6.07) is 7.62. The monoisotopic (exact) mass is 628 g/mol. The average molecular weight is 631 g/mol. The summed E-state index contributed by atoms with van der Waals surface area (Å²) in [5.41, 5.74) is 14.4. The van der Waals surface area contributed by atoms with Crippen LogP contribution in [0.1, 0.15) is 115 Å². The van der Waals surface area contributed by atoms with Crippen molar-refractivity contribution in [3.05, 3.63) is 72.6 Å². The van der Waals surface area contributed by atoms with Gasteiger partial charge in [0.25, 0.3) is 0 Å². The van der Waals surface area contributed by atoms with Crippen molar-refractivity contribution in [2.75, 3.05) is 0 Å². The molecule has 38 heavy (non-hydrogen) atoms. The van der Waals surface area contributed by atoms with Crippen LogP contribution >= 0.6 is 0 Å². The Kier molecular flexibility index (Phi) is 10.3. The first-order chi connectivity index (χ1) is 16.5. The van der Waals surface area contributed by atoms with E-state index in [1.54, 1.807) is 34.4 Å². The van der Waals surface area contributed by atoms with Crippen molar-refractivity contribution in [1.29, 1.82) is 0 Å². The van der Waals surface area contributed by atoms with Crippen LogP contribution in [0, 0.1) is 25.2 Å². The predicted octanol–water partition coefficient (Wildman–Crippen LogP) is 3.47. The third-order valence-corrected chi connectivity index (χ3v) is 12.5. The summed E-state index contributed by atoms with van der Waals surface area (Å²) in [5, 5.41) is 0. The Labute approximate surface area is 257 Å². The normalized spacial score (nSPS) is 16.6. The zero-order valence-corrected chi connectivity index (χ0v) is 29.8. The van der Waals surface area contributed by atoms with Crippen molar-refractivity contribution in [3.8, 4) is 11.1 Å². The molecule has 1 atom stereocenters. The third kappa shape index (κ3) is 6.47. The molecular formula is C35H48Cl2Zr. The second kappa shape index (κ2) is 11.7. The van der Waals surface area contributed by atoms with Gasteiger partial charge in [0.2, 0.25) is 0 Å². The molecule has 2 aliphatic rings. The summed E-state index contributed by atoms with van der Waals surface area (Å²) in [7, 11) is 0. The van der Waals surface area contributed by atoms with Gasteiger partial charge in [-0.05, 0) is 0 Å². The molecule has 0 radical (unpaired) electrons. The van der Waals surface area contributed by atoms with E-state index in [1.165, 1.54) is 35.1 Å². The molecule has 2 aliphatic carbocycles. The van der Waals surface area contributed by atoms with E-state index in [2.05, 4.69) is 113 Å². The van der Waals surface area contributed by atoms with E-state index in [9.17, 15) is 0 Å². The Morgan fingerprint density at radius 1 is 0.789 bits per heavy atom. The van der Waals surface area contributed by atoms with Crippen molar-refractivity contribution in [2.45, 2.75) is 113 Å². The molecule has 3 heteroatoms. The van der Waals surface area contributed by atoms with Gasteiger partial charge in [0, 0.05) is 0 Å². The topological polar surface area (TPSA) is 0 Å². The van der Waals surface area contributed by atoms with Crippen LogP contribution in [0.4, 0.5) is 0 Å². The molecule has 0 aromatic heterocycles. The van der Waals surface area contributed by atoms with Crippen LogP contribution in [-0.4, -0.2) is 0 Å². The third-order valence-electron chi connectivity index (χ3n) is 8.24. The molecule has 1 unspecified atom stereocenters. The fraction of sp³-hybridized carbons (Fsp3) is 0.543. The van der Waals surface area contributed by atoms with Crippen LogP contribution in [0.5, 0.6) is 0 Å². The first-order valence-corrected chi connectivity index (χ1v) is 16.5. The van der Waals surface area contributed by atoms with Gasteiger partial charge in [-0.15, -0.1) is 0 Å². The van der Waals surface area contributed by atoms with Crippen molar-refractivity contribution in [2.24, 2.45) is 11.3 Å². The molecule has 0 nitrogen and oxygen atoms in total. The van der Waals surface area contributed by atoms with Crippen molar-refractivity contribution in [1.82, 2.24) is 0 Å². The number of aryl methyl sites for hydroxylation is 1. The van der Waals surface area contributed by atoms with E-state index >= 15 is 0 Å². The van der Waals surface area contributed by atoms with Crippen molar-refractivity contribution >= 4 is 3.27 Å². The average Bonchev–Trinajstić information content (AvgIpc) is 3.28. The molecule has 0 heterocycles. The quantitative estimate of drug-likeness (QED) is 0.415.